The number of rotatable bonds is 8. The molecule has 2 N–H and O–H groups in total. The molecule has 1 heterocycles. The molecular weight excluding hydrogens is 240 g/mol. The van der Waals surface area contributed by atoms with Crippen LogP contribution in [0.15, 0.2) is 18.3 Å². The van der Waals surface area contributed by atoms with E-state index < -0.39 is 0 Å². The first-order chi connectivity index (χ1) is 9.21. The fraction of sp³-hybridized carbons (Fsp3) is 0.571. The number of hydrogen-bond donors (Lipinski definition) is 2. The number of nitrogens with zero attached hydrogens (tertiary/aromatic N) is 2. The summed E-state index contributed by atoms with van der Waals surface area (Å²) in [5.74, 6) is -0.121. The van der Waals surface area contributed by atoms with Crippen LogP contribution >= 0.6 is 0 Å². The molecule has 1 aromatic heterocycles. The molecule has 0 radical (unpaired) electrons. The molecule has 1 aromatic rings. The van der Waals surface area contributed by atoms with Crippen molar-refractivity contribution in [1.82, 2.24) is 15.2 Å². The lowest BCUT2D eigenvalue weighted by Gasteiger charge is -2.19. The predicted molar refractivity (Wildman–Crippen MR) is 78.5 cm³/mol. The monoisotopic (exact) mass is 264 g/mol. The normalized spacial score (nSPS) is 10.5. The van der Waals surface area contributed by atoms with Gasteiger partial charge in [0.1, 0.15) is 5.69 Å². The standard InChI is InChI=1S/C14H24N4O/c1-4-9-18(5-2)10-8-17-14(19)13-11-12(15-3)6-7-16-13/h6-7,11H,4-5,8-10H2,1-3H3,(H,15,16)(H,17,19). The second kappa shape index (κ2) is 8.48. The molecule has 0 unspecified atom stereocenters. The van der Waals surface area contributed by atoms with Crippen LogP contribution in [0.5, 0.6) is 0 Å². The van der Waals surface area contributed by atoms with E-state index in [-0.39, 0.29) is 5.91 Å². The van der Waals surface area contributed by atoms with E-state index in [2.05, 4.69) is 34.4 Å². The van der Waals surface area contributed by atoms with Crippen LogP contribution in [0.1, 0.15) is 30.8 Å². The fourth-order valence-electron chi connectivity index (χ4n) is 1.87. The molecule has 0 aliphatic rings. The van der Waals surface area contributed by atoms with Crippen molar-refractivity contribution in [3.05, 3.63) is 24.0 Å². The minimum Gasteiger partial charge on any atom is -0.388 e. The topological polar surface area (TPSA) is 57.3 Å². The van der Waals surface area contributed by atoms with Crippen molar-refractivity contribution in [2.75, 3.05) is 38.5 Å². The van der Waals surface area contributed by atoms with Gasteiger partial charge in [0.15, 0.2) is 0 Å². The van der Waals surface area contributed by atoms with E-state index in [4.69, 9.17) is 0 Å². The van der Waals surface area contributed by atoms with Gasteiger partial charge in [0, 0.05) is 32.0 Å². The fourth-order valence-corrected chi connectivity index (χ4v) is 1.87. The Bertz CT molecular complexity index is 395. The van der Waals surface area contributed by atoms with Crippen LogP contribution in [-0.2, 0) is 0 Å². The third-order valence-electron chi connectivity index (χ3n) is 2.98. The molecule has 0 aliphatic heterocycles. The molecule has 0 atom stereocenters. The Morgan fingerprint density at radius 1 is 1.37 bits per heavy atom. The molecule has 5 heteroatoms. The molecule has 0 aromatic carbocycles. The third-order valence-corrected chi connectivity index (χ3v) is 2.98. The van der Waals surface area contributed by atoms with Gasteiger partial charge in [-0.3, -0.25) is 9.78 Å². The molecule has 0 saturated carbocycles. The van der Waals surface area contributed by atoms with Crippen molar-refractivity contribution in [2.45, 2.75) is 20.3 Å². The maximum Gasteiger partial charge on any atom is 0.269 e. The minimum atomic E-state index is -0.121. The van der Waals surface area contributed by atoms with Crippen molar-refractivity contribution in [2.24, 2.45) is 0 Å². The van der Waals surface area contributed by atoms with Gasteiger partial charge < -0.3 is 15.5 Å². The number of carbonyl (C=O) groups is 1. The quantitative estimate of drug-likeness (QED) is 0.748. The number of nitrogens with one attached hydrogen (secondary N) is 2. The van der Waals surface area contributed by atoms with Crippen LogP contribution in [0.4, 0.5) is 5.69 Å². The molecule has 1 amide bonds. The van der Waals surface area contributed by atoms with E-state index in [0.29, 0.717) is 12.2 Å². The zero-order valence-corrected chi connectivity index (χ0v) is 12.1. The highest BCUT2D eigenvalue weighted by Gasteiger charge is 2.08. The van der Waals surface area contributed by atoms with Gasteiger partial charge in [-0.25, -0.2) is 0 Å². The lowest BCUT2D eigenvalue weighted by Crippen LogP contribution is -2.35. The van der Waals surface area contributed by atoms with Crippen molar-refractivity contribution in [1.29, 1.82) is 0 Å². The molecule has 0 fully saturated rings. The number of anilines is 1. The summed E-state index contributed by atoms with van der Waals surface area (Å²) in [6.45, 7) is 7.90. The van der Waals surface area contributed by atoms with Crippen molar-refractivity contribution < 1.29 is 4.79 Å². The highest BCUT2D eigenvalue weighted by atomic mass is 16.1. The van der Waals surface area contributed by atoms with Gasteiger partial charge in [0.25, 0.3) is 5.91 Å². The molecular formula is C14H24N4O. The summed E-state index contributed by atoms with van der Waals surface area (Å²) in [5, 5.41) is 5.90. The Labute approximate surface area is 115 Å². The highest BCUT2D eigenvalue weighted by molar-refractivity contribution is 5.93. The largest absolute Gasteiger partial charge is 0.388 e. The van der Waals surface area contributed by atoms with Crippen LogP contribution in [-0.4, -0.2) is 49.0 Å². The molecule has 106 valence electrons. The van der Waals surface area contributed by atoms with Gasteiger partial charge in [-0.2, -0.15) is 0 Å². The first kappa shape index (κ1) is 15.4. The van der Waals surface area contributed by atoms with Gasteiger partial charge in [0.2, 0.25) is 0 Å². The summed E-state index contributed by atoms with van der Waals surface area (Å²) in [4.78, 5) is 18.3. The molecule has 0 bridgehead atoms. The zero-order valence-electron chi connectivity index (χ0n) is 12.1. The van der Waals surface area contributed by atoms with Crippen LogP contribution in [0.2, 0.25) is 0 Å². The Hall–Kier alpha value is -1.62. The Kier molecular flexibility index (Phi) is 6.89. The number of carbonyl (C=O) groups excluding carboxylic acids is 1. The summed E-state index contributed by atoms with van der Waals surface area (Å²) >= 11 is 0. The van der Waals surface area contributed by atoms with Gasteiger partial charge in [-0.05, 0) is 31.6 Å². The van der Waals surface area contributed by atoms with Crippen LogP contribution in [0.25, 0.3) is 0 Å². The van der Waals surface area contributed by atoms with E-state index in [1.807, 2.05) is 13.1 Å². The van der Waals surface area contributed by atoms with E-state index >= 15 is 0 Å². The van der Waals surface area contributed by atoms with Crippen molar-refractivity contribution >= 4 is 11.6 Å². The number of likely N-dealkylation sites (N-methyl/N-ethyl adjacent to an activating group) is 1. The second-order valence-corrected chi connectivity index (χ2v) is 4.37. The van der Waals surface area contributed by atoms with E-state index in [1.165, 1.54) is 0 Å². The third kappa shape index (κ3) is 5.26. The molecule has 5 nitrogen and oxygen atoms in total. The van der Waals surface area contributed by atoms with E-state index in [9.17, 15) is 4.79 Å². The van der Waals surface area contributed by atoms with Crippen LogP contribution in [0, 0.1) is 0 Å². The maximum absolute atomic E-state index is 11.9. The first-order valence-corrected chi connectivity index (χ1v) is 6.85. The Balaban J connectivity index is 2.42. The summed E-state index contributed by atoms with van der Waals surface area (Å²) in [6.07, 6.45) is 2.77. The lowest BCUT2D eigenvalue weighted by molar-refractivity contribution is 0.0943. The van der Waals surface area contributed by atoms with Crippen LogP contribution < -0.4 is 10.6 Å². The highest BCUT2D eigenvalue weighted by Crippen LogP contribution is 2.06. The van der Waals surface area contributed by atoms with Gasteiger partial charge in [0.05, 0.1) is 0 Å². The molecule has 0 aliphatic carbocycles. The number of amides is 1. The SMILES string of the molecule is CCCN(CC)CCNC(=O)c1cc(NC)ccn1. The average molecular weight is 264 g/mol. The number of aromatic nitrogens is 1. The summed E-state index contributed by atoms with van der Waals surface area (Å²) in [7, 11) is 1.82. The zero-order chi connectivity index (χ0) is 14.1. The summed E-state index contributed by atoms with van der Waals surface area (Å²) in [6, 6.07) is 3.58. The van der Waals surface area contributed by atoms with Gasteiger partial charge >= 0.3 is 0 Å². The predicted octanol–water partition coefficient (Wildman–Crippen LogP) is 1.58. The Morgan fingerprint density at radius 3 is 2.79 bits per heavy atom. The van der Waals surface area contributed by atoms with E-state index in [0.717, 1.165) is 31.7 Å². The summed E-state index contributed by atoms with van der Waals surface area (Å²) in [5.41, 5.74) is 1.34. The molecule has 19 heavy (non-hydrogen) atoms. The van der Waals surface area contributed by atoms with E-state index in [1.54, 1.807) is 12.3 Å². The van der Waals surface area contributed by atoms with Crippen molar-refractivity contribution in [3.8, 4) is 0 Å². The lowest BCUT2D eigenvalue weighted by atomic mass is 10.3. The van der Waals surface area contributed by atoms with Crippen LogP contribution in [0.3, 0.4) is 0 Å². The Morgan fingerprint density at radius 2 is 2.16 bits per heavy atom. The van der Waals surface area contributed by atoms with Gasteiger partial charge in [-0.15, -0.1) is 0 Å². The number of pyridine rings is 1. The second-order valence-electron chi connectivity index (χ2n) is 4.37. The maximum atomic E-state index is 11.9. The number of hydrogen-bond acceptors (Lipinski definition) is 4. The van der Waals surface area contributed by atoms with Crippen molar-refractivity contribution in [3.63, 3.8) is 0 Å². The average Bonchev–Trinajstić information content (AvgIpc) is 2.46. The minimum absolute atomic E-state index is 0.121. The molecule has 0 spiro atoms. The molecule has 0 saturated heterocycles. The van der Waals surface area contributed by atoms with Gasteiger partial charge in [-0.1, -0.05) is 13.8 Å². The molecule has 1 rings (SSSR count). The smallest absolute Gasteiger partial charge is 0.269 e. The first-order valence-electron chi connectivity index (χ1n) is 6.85. The summed E-state index contributed by atoms with van der Waals surface area (Å²) < 4.78 is 0.